The molecule has 16 heavy (non-hydrogen) atoms. The molecule has 0 unspecified atom stereocenters. The average molecular weight is 219 g/mol. The second-order valence-corrected chi connectivity index (χ2v) is 3.94. The first kappa shape index (κ1) is 11.0. The molecule has 1 radical (unpaired) electrons. The summed E-state index contributed by atoms with van der Waals surface area (Å²) in [5, 5.41) is 26.7. The van der Waals surface area contributed by atoms with Crippen LogP contribution >= 0.6 is 0 Å². The third-order valence-corrected chi connectivity index (χ3v) is 2.66. The lowest BCUT2D eigenvalue weighted by molar-refractivity contribution is 0.207. The lowest BCUT2D eigenvalue weighted by atomic mass is 10.0. The number of rotatable bonds is 4. The van der Waals surface area contributed by atoms with Crippen LogP contribution < -0.4 is 0 Å². The van der Waals surface area contributed by atoms with Crippen molar-refractivity contribution in [2.75, 3.05) is 0 Å². The second-order valence-electron chi connectivity index (χ2n) is 3.94. The number of hydrogen-bond acceptors (Lipinski definition) is 3. The van der Waals surface area contributed by atoms with E-state index in [0.29, 0.717) is 12.8 Å². The zero-order valence-electron chi connectivity index (χ0n) is 8.98. The van der Waals surface area contributed by atoms with Crippen LogP contribution in [0.5, 0.6) is 5.75 Å². The summed E-state index contributed by atoms with van der Waals surface area (Å²) in [5.41, 5.74) is 1.73. The highest BCUT2D eigenvalue weighted by Crippen LogP contribution is 2.26. The minimum Gasteiger partial charge on any atom is -0.508 e. The van der Waals surface area contributed by atoms with E-state index >= 15 is 0 Å². The van der Waals surface area contributed by atoms with Gasteiger partial charge in [0, 0.05) is 10.9 Å². The van der Waals surface area contributed by atoms with Crippen LogP contribution in [0.4, 0.5) is 0 Å². The number of aliphatic hydroxyl groups excluding tert-OH is 1. The van der Waals surface area contributed by atoms with Crippen LogP contribution in [0.2, 0.25) is 0 Å². The third kappa shape index (κ3) is 2.17. The molecule has 0 amide bonds. The Bertz CT molecular complexity index is 477. The number of fused-ring (bicyclic) bond motifs is 1. The Morgan fingerprint density at radius 1 is 1.44 bits per heavy atom. The molecule has 1 heterocycles. The maximum Gasteiger partial charge on any atom is 0.120 e. The maximum absolute atomic E-state index is 9.77. The Labute approximate surface area is 93.9 Å². The normalized spacial score (nSPS) is 13.1. The molecule has 0 bridgehead atoms. The number of aryl methyl sites for hydroxylation is 1. The number of hydrogen-bond donors (Lipinski definition) is 3. The van der Waals surface area contributed by atoms with Gasteiger partial charge in [0.05, 0.1) is 17.8 Å². The number of benzene rings is 1. The SMILES string of the molecule is [CH2][C@H](O)CCCc1c(O)ccc2cn[nH]c12. The van der Waals surface area contributed by atoms with Crippen LogP contribution in [0.3, 0.4) is 0 Å². The summed E-state index contributed by atoms with van der Waals surface area (Å²) >= 11 is 0. The number of phenolic OH excluding ortho intramolecular Hbond substituents is 1. The minimum absolute atomic E-state index is 0.273. The van der Waals surface area contributed by atoms with Crippen LogP contribution in [0, 0.1) is 6.92 Å². The van der Waals surface area contributed by atoms with Gasteiger partial charge in [0.25, 0.3) is 0 Å². The first-order valence-electron chi connectivity index (χ1n) is 5.33. The van der Waals surface area contributed by atoms with E-state index in [9.17, 15) is 5.11 Å². The molecule has 2 rings (SSSR count). The number of H-pyrrole nitrogens is 1. The summed E-state index contributed by atoms with van der Waals surface area (Å²) in [6.45, 7) is 3.52. The number of aliphatic hydroxyl groups is 1. The fourth-order valence-electron chi connectivity index (χ4n) is 1.83. The van der Waals surface area contributed by atoms with E-state index in [1.54, 1.807) is 12.3 Å². The molecule has 2 aromatic rings. The largest absolute Gasteiger partial charge is 0.508 e. The van der Waals surface area contributed by atoms with Gasteiger partial charge in [-0.2, -0.15) is 5.10 Å². The van der Waals surface area contributed by atoms with E-state index < -0.39 is 6.10 Å². The number of phenols is 1. The fraction of sp³-hybridized carbons (Fsp3) is 0.333. The Kier molecular flexibility index (Phi) is 3.10. The van der Waals surface area contributed by atoms with Crippen molar-refractivity contribution in [1.82, 2.24) is 10.2 Å². The fourth-order valence-corrected chi connectivity index (χ4v) is 1.83. The summed E-state index contributed by atoms with van der Waals surface area (Å²) in [6, 6.07) is 3.50. The number of nitrogens with one attached hydrogen (secondary N) is 1. The predicted molar refractivity (Wildman–Crippen MR) is 62.1 cm³/mol. The van der Waals surface area contributed by atoms with E-state index in [4.69, 9.17) is 5.11 Å². The van der Waals surface area contributed by atoms with Crippen molar-refractivity contribution in [3.8, 4) is 5.75 Å². The Morgan fingerprint density at radius 3 is 3.00 bits per heavy atom. The topological polar surface area (TPSA) is 69.1 Å². The molecule has 4 nitrogen and oxygen atoms in total. The Morgan fingerprint density at radius 2 is 2.25 bits per heavy atom. The van der Waals surface area contributed by atoms with Crippen molar-refractivity contribution in [3.63, 3.8) is 0 Å². The van der Waals surface area contributed by atoms with Crippen molar-refractivity contribution in [2.45, 2.75) is 25.4 Å². The van der Waals surface area contributed by atoms with Gasteiger partial charge in [0.2, 0.25) is 0 Å². The molecule has 1 aromatic heterocycles. The molecule has 3 N–H and O–H groups in total. The zero-order valence-corrected chi connectivity index (χ0v) is 8.98. The van der Waals surface area contributed by atoms with Crippen molar-refractivity contribution >= 4 is 10.9 Å². The summed E-state index contributed by atoms with van der Waals surface area (Å²) in [7, 11) is 0. The lowest BCUT2D eigenvalue weighted by Crippen LogP contribution is -2.00. The van der Waals surface area contributed by atoms with E-state index in [1.807, 2.05) is 6.07 Å². The number of aromatic nitrogens is 2. The summed E-state index contributed by atoms with van der Waals surface area (Å²) in [5.74, 6) is 0.273. The zero-order chi connectivity index (χ0) is 11.5. The van der Waals surface area contributed by atoms with Gasteiger partial charge < -0.3 is 10.2 Å². The highest BCUT2D eigenvalue weighted by Gasteiger charge is 2.08. The van der Waals surface area contributed by atoms with Gasteiger partial charge in [0.1, 0.15) is 5.75 Å². The van der Waals surface area contributed by atoms with Crippen molar-refractivity contribution in [1.29, 1.82) is 0 Å². The van der Waals surface area contributed by atoms with Crippen LogP contribution in [-0.4, -0.2) is 26.5 Å². The van der Waals surface area contributed by atoms with E-state index in [1.165, 1.54) is 0 Å². The van der Waals surface area contributed by atoms with Crippen LogP contribution in [0.15, 0.2) is 18.3 Å². The van der Waals surface area contributed by atoms with Crippen molar-refractivity contribution in [3.05, 3.63) is 30.8 Å². The molecular weight excluding hydrogens is 204 g/mol. The van der Waals surface area contributed by atoms with Gasteiger partial charge in [0.15, 0.2) is 0 Å². The summed E-state index contributed by atoms with van der Waals surface area (Å²) in [6.07, 6.45) is 3.32. The maximum atomic E-state index is 9.77. The molecule has 1 atom stereocenters. The lowest BCUT2D eigenvalue weighted by Gasteiger charge is -2.07. The first-order valence-corrected chi connectivity index (χ1v) is 5.33. The molecular formula is C12H15N2O2. The van der Waals surface area contributed by atoms with Gasteiger partial charge in [-0.05, 0) is 38.3 Å². The van der Waals surface area contributed by atoms with Gasteiger partial charge >= 0.3 is 0 Å². The molecule has 85 valence electrons. The van der Waals surface area contributed by atoms with E-state index in [0.717, 1.165) is 22.9 Å². The van der Waals surface area contributed by atoms with E-state index in [2.05, 4.69) is 17.1 Å². The average Bonchev–Trinajstić information content (AvgIpc) is 2.69. The molecule has 1 aromatic carbocycles. The monoisotopic (exact) mass is 219 g/mol. The van der Waals surface area contributed by atoms with Crippen LogP contribution in [-0.2, 0) is 6.42 Å². The van der Waals surface area contributed by atoms with Gasteiger partial charge in [-0.3, -0.25) is 5.10 Å². The number of nitrogens with zero attached hydrogens (tertiary/aromatic N) is 1. The number of aromatic amines is 1. The molecule has 0 aliphatic rings. The van der Waals surface area contributed by atoms with Crippen LogP contribution in [0.25, 0.3) is 10.9 Å². The molecule has 0 spiro atoms. The minimum atomic E-state index is -0.539. The third-order valence-electron chi connectivity index (χ3n) is 2.66. The molecule has 0 aliphatic carbocycles. The first-order chi connectivity index (χ1) is 7.68. The van der Waals surface area contributed by atoms with Gasteiger partial charge in [-0.25, -0.2) is 0 Å². The van der Waals surface area contributed by atoms with Gasteiger partial charge in [-0.15, -0.1) is 0 Å². The molecule has 0 saturated heterocycles. The quantitative estimate of drug-likeness (QED) is 0.734. The number of aromatic hydroxyl groups is 1. The highest BCUT2D eigenvalue weighted by atomic mass is 16.3. The molecule has 0 aliphatic heterocycles. The smallest absolute Gasteiger partial charge is 0.120 e. The molecule has 4 heteroatoms. The molecule has 0 saturated carbocycles. The molecule has 0 fully saturated rings. The van der Waals surface area contributed by atoms with Gasteiger partial charge in [-0.1, -0.05) is 0 Å². The van der Waals surface area contributed by atoms with Crippen molar-refractivity contribution < 1.29 is 10.2 Å². The Balaban J connectivity index is 2.21. The predicted octanol–water partition coefficient (Wildman–Crippen LogP) is 1.79. The summed E-state index contributed by atoms with van der Waals surface area (Å²) in [4.78, 5) is 0. The standard InChI is InChI=1S/C12H15N2O2/c1-8(15)3-2-4-10-11(16)6-5-9-7-13-14-12(9)10/h5-8,15-16H,1-4H2,(H,13,14)/t8-/m0/s1. The second kappa shape index (κ2) is 4.53. The van der Waals surface area contributed by atoms with Crippen LogP contribution in [0.1, 0.15) is 18.4 Å². The van der Waals surface area contributed by atoms with Crippen molar-refractivity contribution in [2.24, 2.45) is 0 Å². The van der Waals surface area contributed by atoms with E-state index in [-0.39, 0.29) is 5.75 Å². The Hall–Kier alpha value is -1.55. The highest BCUT2D eigenvalue weighted by molar-refractivity contribution is 5.83. The summed E-state index contributed by atoms with van der Waals surface area (Å²) < 4.78 is 0.